The van der Waals surface area contributed by atoms with Crippen LogP contribution in [0.15, 0.2) is 11.6 Å². The molecule has 8 nitrogen and oxygen atoms in total. The Kier molecular flexibility index (Phi) is 18.6. The molecule has 0 aromatic heterocycles. The maximum absolute atomic E-state index is 11.7. The molecule has 4 N–H and O–H groups in total. The van der Waals surface area contributed by atoms with Crippen LogP contribution in [0.3, 0.4) is 0 Å². The fourth-order valence-electron chi connectivity index (χ4n) is 7.30. The summed E-state index contributed by atoms with van der Waals surface area (Å²) in [6.07, 6.45) is 21.9. The number of unbranched alkanes of at least 4 members (excludes halogenated alkanes) is 10. The molecule has 0 aromatic rings. The largest absolute Gasteiger partial charge is 0.455 e. The number of aliphatic hydroxyl groups is 4. The Balaban J connectivity index is 1.17. The Hall–Kier alpha value is -1.03. The average Bonchev–Trinajstić information content (AvgIpc) is 3.76. The highest BCUT2D eigenvalue weighted by atomic mass is 16.6. The summed E-state index contributed by atoms with van der Waals surface area (Å²) in [5.41, 5.74) is 0.575. The first-order valence-electron chi connectivity index (χ1n) is 18.7. The van der Waals surface area contributed by atoms with Crippen molar-refractivity contribution < 1.29 is 39.4 Å². The molecule has 0 saturated carbocycles. The third-order valence-corrected chi connectivity index (χ3v) is 10.1. The summed E-state index contributed by atoms with van der Waals surface area (Å²) in [4.78, 5) is 11.7. The van der Waals surface area contributed by atoms with E-state index in [9.17, 15) is 25.2 Å². The molecule has 2 fully saturated rings. The number of hydrogen-bond acceptors (Lipinski definition) is 8. The second kappa shape index (κ2) is 21.8. The molecule has 2 saturated heterocycles. The predicted octanol–water partition coefficient (Wildman–Crippen LogP) is 6.83. The van der Waals surface area contributed by atoms with Crippen LogP contribution < -0.4 is 0 Å². The first-order chi connectivity index (χ1) is 21.8. The van der Waals surface area contributed by atoms with Crippen molar-refractivity contribution >= 4 is 5.97 Å². The highest BCUT2D eigenvalue weighted by molar-refractivity contribution is 5.90. The number of carbonyl (C=O) groups excluding carboxylic acids is 1. The van der Waals surface area contributed by atoms with Crippen molar-refractivity contribution in [3.8, 4) is 0 Å². The minimum absolute atomic E-state index is 0.0532. The lowest BCUT2D eigenvalue weighted by molar-refractivity contribution is -0.139. The van der Waals surface area contributed by atoms with Gasteiger partial charge < -0.3 is 34.6 Å². The quantitative estimate of drug-likeness (QED) is 0.0634. The van der Waals surface area contributed by atoms with Crippen LogP contribution in [-0.4, -0.2) is 81.3 Å². The maximum Gasteiger partial charge on any atom is 0.334 e. The summed E-state index contributed by atoms with van der Waals surface area (Å²) in [6.45, 7) is 4.06. The van der Waals surface area contributed by atoms with Crippen LogP contribution in [0.4, 0.5) is 0 Å². The van der Waals surface area contributed by atoms with Crippen molar-refractivity contribution in [1.29, 1.82) is 0 Å². The van der Waals surface area contributed by atoms with Crippen LogP contribution in [0.1, 0.15) is 162 Å². The Morgan fingerprint density at radius 2 is 1.29 bits per heavy atom. The summed E-state index contributed by atoms with van der Waals surface area (Å²) in [5.74, 6) is -0.314. The van der Waals surface area contributed by atoms with E-state index in [0.29, 0.717) is 37.7 Å². The van der Waals surface area contributed by atoms with E-state index in [1.54, 1.807) is 6.08 Å². The normalized spacial score (nSPS) is 27.8. The zero-order valence-electron chi connectivity index (χ0n) is 28.5. The molecule has 9 atom stereocenters. The van der Waals surface area contributed by atoms with Gasteiger partial charge in [-0.1, -0.05) is 90.4 Å². The minimum Gasteiger partial charge on any atom is -0.455 e. The summed E-state index contributed by atoms with van der Waals surface area (Å²) in [7, 11) is 0. The molecule has 0 bridgehead atoms. The van der Waals surface area contributed by atoms with Crippen molar-refractivity contribution in [2.45, 2.75) is 216 Å². The minimum atomic E-state index is -0.625. The van der Waals surface area contributed by atoms with Gasteiger partial charge in [-0.15, -0.1) is 0 Å². The molecule has 0 aliphatic carbocycles. The highest BCUT2D eigenvalue weighted by Crippen LogP contribution is 2.34. The summed E-state index contributed by atoms with van der Waals surface area (Å²) in [6, 6.07) is 0. The van der Waals surface area contributed by atoms with E-state index >= 15 is 0 Å². The number of cyclic esters (lactones) is 1. The molecule has 0 unspecified atom stereocenters. The third-order valence-electron chi connectivity index (χ3n) is 10.1. The van der Waals surface area contributed by atoms with E-state index in [0.717, 1.165) is 77.0 Å². The SMILES string of the molecule is CCCCCCCCCC[C@H](O)[C@@H](O)CCCC[C@@H]1CC[C@@H]([C@@H]2CC[C@@H]([C@@H](O)CCCCC[C@@H](O)CC3=C[C@H](C)OC3=O)O2)O1. The second-order valence-electron chi connectivity index (χ2n) is 14.2. The van der Waals surface area contributed by atoms with Crippen molar-refractivity contribution in [2.75, 3.05) is 0 Å². The fraction of sp³-hybridized carbons (Fsp3) is 0.919. The zero-order valence-corrected chi connectivity index (χ0v) is 28.5. The molecule has 262 valence electrons. The van der Waals surface area contributed by atoms with E-state index < -0.39 is 24.4 Å². The molecule has 0 aromatic carbocycles. The van der Waals surface area contributed by atoms with Gasteiger partial charge in [0, 0.05) is 12.0 Å². The third kappa shape index (κ3) is 14.7. The Labute approximate surface area is 273 Å². The van der Waals surface area contributed by atoms with Gasteiger partial charge in [0.1, 0.15) is 6.10 Å². The van der Waals surface area contributed by atoms with Crippen LogP contribution in [0.5, 0.6) is 0 Å². The van der Waals surface area contributed by atoms with E-state index in [1.807, 2.05) is 6.92 Å². The first-order valence-corrected chi connectivity index (χ1v) is 18.7. The number of carbonyl (C=O) groups is 1. The van der Waals surface area contributed by atoms with E-state index in [1.165, 1.54) is 38.5 Å². The molecule has 3 heterocycles. The number of aliphatic hydroxyl groups excluding tert-OH is 4. The lowest BCUT2D eigenvalue weighted by Crippen LogP contribution is -2.31. The molecular weight excluding hydrogens is 572 g/mol. The zero-order chi connectivity index (χ0) is 32.4. The molecule has 3 rings (SSSR count). The number of rotatable bonds is 25. The number of hydrogen-bond donors (Lipinski definition) is 4. The monoisotopic (exact) mass is 638 g/mol. The van der Waals surface area contributed by atoms with Crippen LogP contribution in [0, 0.1) is 0 Å². The summed E-state index contributed by atoms with van der Waals surface area (Å²) >= 11 is 0. The van der Waals surface area contributed by atoms with Gasteiger partial charge in [-0.25, -0.2) is 4.79 Å². The van der Waals surface area contributed by atoms with Gasteiger partial charge in [-0.3, -0.25) is 0 Å². The smallest absolute Gasteiger partial charge is 0.334 e. The van der Waals surface area contributed by atoms with Crippen LogP contribution in [-0.2, 0) is 19.0 Å². The maximum atomic E-state index is 11.7. The van der Waals surface area contributed by atoms with Crippen molar-refractivity contribution in [1.82, 2.24) is 0 Å². The Morgan fingerprint density at radius 1 is 0.711 bits per heavy atom. The van der Waals surface area contributed by atoms with Crippen molar-refractivity contribution in [2.24, 2.45) is 0 Å². The number of ether oxygens (including phenoxy) is 3. The second-order valence-corrected chi connectivity index (χ2v) is 14.2. The standard InChI is InChI=1S/C37H66O8/c1-3-4-5-6-7-8-9-12-18-31(39)32(40)19-15-14-17-30-21-22-35(44-30)36-24-23-34(45-36)33(41)20-13-10-11-16-29(38)26-28-25-27(2)43-37(28)42/h25,27,29-36,38-41H,3-24,26H2,1-2H3/t27-,29+,30+,31-,32-,33-,34-,35-,36-/m0/s1. The van der Waals surface area contributed by atoms with E-state index in [-0.39, 0.29) is 36.5 Å². The van der Waals surface area contributed by atoms with Gasteiger partial charge >= 0.3 is 5.97 Å². The first kappa shape index (κ1) is 38.4. The molecule has 8 heteroatoms. The lowest BCUT2D eigenvalue weighted by atomic mass is 9.99. The molecule has 3 aliphatic rings. The average molecular weight is 639 g/mol. The molecule has 0 amide bonds. The van der Waals surface area contributed by atoms with Crippen molar-refractivity contribution in [3.63, 3.8) is 0 Å². The van der Waals surface area contributed by atoms with Gasteiger partial charge in [0.25, 0.3) is 0 Å². The molecule has 45 heavy (non-hydrogen) atoms. The highest BCUT2D eigenvalue weighted by Gasteiger charge is 2.39. The summed E-state index contributed by atoms with van der Waals surface area (Å²) in [5, 5.41) is 41.7. The van der Waals surface area contributed by atoms with Gasteiger partial charge in [0.15, 0.2) is 0 Å². The predicted molar refractivity (Wildman–Crippen MR) is 177 cm³/mol. The molecular formula is C37H66O8. The van der Waals surface area contributed by atoms with Crippen LogP contribution in [0.25, 0.3) is 0 Å². The molecule has 3 aliphatic heterocycles. The van der Waals surface area contributed by atoms with Gasteiger partial charge in [0.2, 0.25) is 0 Å². The van der Waals surface area contributed by atoms with Gasteiger partial charge in [-0.05, 0) is 70.8 Å². The van der Waals surface area contributed by atoms with Gasteiger partial charge in [-0.2, -0.15) is 0 Å². The number of esters is 1. The topological polar surface area (TPSA) is 126 Å². The van der Waals surface area contributed by atoms with Crippen molar-refractivity contribution in [3.05, 3.63) is 11.6 Å². The lowest BCUT2D eigenvalue weighted by Gasteiger charge is -2.23. The molecule has 0 radical (unpaired) electrons. The van der Waals surface area contributed by atoms with Crippen LogP contribution in [0.2, 0.25) is 0 Å². The van der Waals surface area contributed by atoms with E-state index in [4.69, 9.17) is 14.2 Å². The Morgan fingerprint density at radius 3 is 1.98 bits per heavy atom. The molecule has 0 spiro atoms. The summed E-state index contributed by atoms with van der Waals surface area (Å²) < 4.78 is 17.7. The van der Waals surface area contributed by atoms with Crippen LogP contribution >= 0.6 is 0 Å². The fourth-order valence-corrected chi connectivity index (χ4v) is 7.30. The van der Waals surface area contributed by atoms with Gasteiger partial charge in [0.05, 0.1) is 48.8 Å². The van der Waals surface area contributed by atoms with E-state index in [2.05, 4.69) is 6.92 Å². The Bertz CT molecular complexity index is 833.